The molecule has 21 heavy (non-hydrogen) atoms. The van der Waals surface area contributed by atoms with Gasteiger partial charge in [-0.05, 0) is 43.6 Å². The quantitative estimate of drug-likeness (QED) is 0.670. The van der Waals surface area contributed by atoms with Crippen molar-refractivity contribution in [3.05, 3.63) is 39.4 Å². The zero-order valence-electron chi connectivity index (χ0n) is 11.1. The first-order valence-electron chi connectivity index (χ1n) is 6.91. The summed E-state index contributed by atoms with van der Waals surface area (Å²) in [5, 5.41) is 13.7. The summed E-state index contributed by atoms with van der Waals surface area (Å²) in [5.74, 6) is -2.49. The summed E-state index contributed by atoms with van der Waals surface area (Å²) in [6.07, 6.45) is 4.12. The number of rotatable bonds is 5. The Morgan fingerprint density at radius 1 is 1.19 bits per heavy atom. The van der Waals surface area contributed by atoms with Gasteiger partial charge in [-0.3, -0.25) is 14.9 Å². The Balaban J connectivity index is 1.86. The van der Waals surface area contributed by atoms with E-state index in [-0.39, 0.29) is 6.04 Å². The van der Waals surface area contributed by atoms with Gasteiger partial charge < -0.3 is 5.32 Å². The van der Waals surface area contributed by atoms with Gasteiger partial charge in [0.15, 0.2) is 11.6 Å². The number of nitro groups is 1. The summed E-state index contributed by atoms with van der Waals surface area (Å²) in [4.78, 5) is 22.2. The Kier molecular flexibility index (Phi) is 3.35. The number of nitrogens with zero attached hydrogens (tertiary/aromatic N) is 1. The Hall–Kier alpha value is -2.05. The van der Waals surface area contributed by atoms with E-state index in [1.165, 1.54) is 0 Å². The molecule has 0 atom stereocenters. The molecule has 1 aromatic carbocycles. The maximum atomic E-state index is 13.3. The minimum absolute atomic E-state index is 0.00906. The molecular formula is C14H14F2N2O3. The number of hydrogen-bond acceptors (Lipinski definition) is 3. The number of nitro benzene ring substituents is 1. The van der Waals surface area contributed by atoms with E-state index in [2.05, 4.69) is 5.32 Å². The van der Waals surface area contributed by atoms with Crippen LogP contribution in [0, 0.1) is 33.6 Å². The second kappa shape index (κ2) is 5.05. The number of halogens is 2. The molecule has 2 saturated carbocycles. The average Bonchev–Trinajstić information content (AvgIpc) is 3.29. The molecule has 0 bridgehead atoms. The van der Waals surface area contributed by atoms with E-state index in [1.807, 2.05) is 0 Å². The minimum Gasteiger partial charge on any atom is -0.349 e. The molecule has 0 saturated heterocycles. The van der Waals surface area contributed by atoms with Gasteiger partial charge >= 0.3 is 0 Å². The van der Waals surface area contributed by atoms with Crippen molar-refractivity contribution >= 4 is 11.6 Å². The summed E-state index contributed by atoms with van der Waals surface area (Å²) in [6.45, 7) is 0. The van der Waals surface area contributed by atoms with Gasteiger partial charge in [0.25, 0.3) is 11.6 Å². The van der Waals surface area contributed by atoms with Gasteiger partial charge in [0.05, 0.1) is 11.0 Å². The van der Waals surface area contributed by atoms with Crippen LogP contribution in [0.3, 0.4) is 0 Å². The summed E-state index contributed by atoms with van der Waals surface area (Å²) in [6, 6.07) is 1.04. The zero-order chi connectivity index (χ0) is 15.1. The van der Waals surface area contributed by atoms with Crippen LogP contribution in [0.15, 0.2) is 12.1 Å². The topological polar surface area (TPSA) is 72.2 Å². The lowest BCUT2D eigenvalue weighted by molar-refractivity contribution is -0.385. The van der Waals surface area contributed by atoms with Gasteiger partial charge in [-0.1, -0.05) is 0 Å². The van der Waals surface area contributed by atoms with Crippen LogP contribution in [0.25, 0.3) is 0 Å². The lowest BCUT2D eigenvalue weighted by atomic mass is 10.1. The Bertz CT molecular complexity index is 600. The molecule has 1 amide bonds. The van der Waals surface area contributed by atoms with Crippen LogP contribution in [0.1, 0.15) is 36.0 Å². The average molecular weight is 296 g/mol. The van der Waals surface area contributed by atoms with Crippen molar-refractivity contribution in [3.63, 3.8) is 0 Å². The number of nitrogens with one attached hydrogen (secondary N) is 1. The van der Waals surface area contributed by atoms with E-state index >= 15 is 0 Å². The summed E-state index contributed by atoms with van der Waals surface area (Å²) >= 11 is 0. The van der Waals surface area contributed by atoms with Crippen LogP contribution in [0.2, 0.25) is 0 Å². The van der Waals surface area contributed by atoms with Gasteiger partial charge in [0.2, 0.25) is 0 Å². The minimum atomic E-state index is -1.33. The third kappa shape index (κ3) is 2.86. The van der Waals surface area contributed by atoms with Crippen molar-refractivity contribution in [1.29, 1.82) is 0 Å². The van der Waals surface area contributed by atoms with E-state index in [0.717, 1.165) is 25.7 Å². The maximum Gasteiger partial charge on any atom is 0.285 e. The van der Waals surface area contributed by atoms with Gasteiger partial charge in [0, 0.05) is 6.04 Å². The van der Waals surface area contributed by atoms with E-state index < -0.39 is 33.7 Å². The van der Waals surface area contributed by atoms with Crippen molar-refractivity contribution in [2.24, 2.45) is 11.8 Å². The van der Waals surface area contributed by atoms with Crippen LogP contribution in [-0.2, 0) is 0 Å². The molecule has 2 aliphatic rings. The lowest BCUT2D eigenvalue weighted by Crippen LogP contribution is -2.38. The van der Waals surface area contributed by atoms with E-state index in [9.17, 15) is 23.7 Å². The summed E-state index contributed by atoms with van der Waals surface area (Å²) in [7, 11) is 0. The highest BCUT2D eigenvalue weighted by Gasteiger charge is 2.42. The first-order valence-corrected chi connectivity index (χ1v) is 6.91. The zero-order valence-corrected chi connectivity index (χ0v) is 11.1. The lowest BCUT2D eigenvalue weighted by Gasteiger charge is -2.17. The van der Waals surface area contributed by atoms with Crippen molar-refractivity contribution < 1.29 is 18.5 Å². The standard InChI is InChI=1S/C14H14F2N2O3/c15-10-5-9(12(18(20)21)6-11(10)16)14(19)17-13(7-1-2-7)8-3-4-8/h5-8,13H,1-4H2,(H,17,19). The van der Waals surface area contributed by atoms with Crippen LogP contribution in [0.5, 0.6) is 0 Å². The second-order valence-corrected chi connectivity index (χ2v) is 5.71. The first-order chi connectivity index (χ1) is 9.97. The Morgan fingerprint density at radius 2 is 1.71 bits per heavy atom. The van der Waals surface area contributed by atoms with E-state index in [4.69, 9.17) is 0 Å². The van der Waals surface area contributed by atoms with Crippen molar-refractivity contribution in [3.8, 4) is 0 Å². The Morgan fingerprint density at radius 3 is 2.19 bits per heavy atom. The molecular weight excluding hydrogens is 282 g/mol. The molecule has 1 aromatic rings. The molecule has 0 heterocycles. The number of hydrogen-bond donors (Lipinski definition) is 1. The molecule has 1 N–H and O–H groups in total. The number of carbonyl (C=O) groups excluding carboxylic acids is 1. The summed E-state index contributed by atoms with van der Waals surface area (Å²) < 4.78 is 26.4. The molecule has 3 rings (SSSR count). The fourth-order valence-electron chi connectivity index (χ4n) is 2.63. The second-order valence-electron chi connectivity index (χ2n) is 5.71. The fourth-order valence-corrected chi connectivity index (χ4v) is 2.63. The first kappa shape index (κ1) is 13.9. The highest BCUT2D eigenvalue weighted by Crippen LogP contribution is 2.44. The summed E-state index contributed by atoms with van der Waals surface area (Å²) in [5.41, 5.74) is -1.14. The molecule has 0 unspecified atom stereocenters. The van der Waals surface area contributed by atoms with E-state index in [1.54, 1.807) is 0 Å². The smallest absolute Gasteiger partial charge is 0.285 e. The molecule has 7 heteroatoms. The highest BCUT2D eigenvalue weighted by molar-refractivity contribution is 5.98. The normalized spacial score (nSPS) is 17.9. The van der Waals surface area contributed by atoms with E-state index in [0.29, 0.717) is 24.0 Å². The monoisotopic (exact) mass is 296 g/mol. The molecule has 0 spiro atoms. The van der Waals surface area contributed by atoms with Crippen LogP contribution in [0.4, 0.5) is 14.5 Å². The third-order valence-corrected chi connectivity index (χ3v) is 4.04. The van der Waals surface area contributed by atoms with Crippen LogP contribution < -0.4 is 5.32 Å². The Labute approximate surface area is 119 Å². The van der Waals surface area contributed by atoms with Crippen LogP contribution in [-0.4, -0.2) is 16.9 Å². The predicted molar refractivity (Wildman–Crippen MR) is 69.7 cm³/mol. The van der Waals surface area contributed by atoms with Gasteiger partial charge in [-0.25, -0.2) is 8.78 Å². The third-order valence-electron chi connectivity index (χ3n) is 4.04. The maximum absolute atomic E-state index is 13.3. The van der Waals surface area contributed by atoms with Crippen LogP contribution >= 0.6 is 0 Å². The number of amides is 1. The molecule has 5 nitrogen and oxygen atoms in total. The van der Waals surface area contributed by atoms with Crippen molar-refractivity contribution in [2.75, 3.05) is 0 Å². The highest BCUT2D eigenvalue weighted by atomic mass is 19.2. The largest absolute Gasteiger partial charge is 0.349 e. The predicted octanol–water partition coefficient (Wildman–Crippen LogP) is 2.79. The SMILES string of the molecule is O=C(NC(C1CC1)C1CC1)c1cc(F)c(F)cc1[N+](=O)[O-]. The number of carbonyl (C=O) groups is 1. The molecule has 0 aromatic heterocycles. The molecule has 0 radical (unpaired) electrons. The van der Waals surface area contributed by atoms with Gasteiger partial charge in [-0.2, -0.15) is 0 Å². The molecule has 2 fully saturated rings. The van der Waals surface area contributed by atoms with Gasteiger partial charge in [-0.15, -0.1) is 0 Å². The molecule has 2 aliphatic carbocycles. The van der Waals surface area contributed by atoms with Gasteiger partial charge in [0.1, 0.15) is 5.56 Å². The fraction of sp³-hybridized carbons (Fsp3) is 0.500. The molecule has 0 aliphatic heterocycles. The van der Waals surface area contributed by atoms with Crippen molar-refractivity contribution in [2.45, 2.75) is 31.7 Å². The molecule has 112 valence electrons. The van der Waals surface area contributed by atoms with Crippen molar-refractivity contribution in [1.82, 2.24) is 5.32 Å². The number of benzene rings is 1.